The highest BCUT2D eigenvalue weighted by atomic mass is 19.1. The summed E-state index contributed by atoms with van der Waals surface area (Å²) in [4.78, 5) is 11.4. The number of hydrogen-bond acceptors (Lipinski definition) is 2. The molecule has 0 bridgehead atoms. The van der Waals surface area contributed by atoms with Gasteiger partial charge >= 0.3 is 0 Å². The Bertz CT molecular complexity index is 347. The Labute approximate surface area is 89.5 Å². The summed E-state index contributed by atoms with van der Waals surface area (Å²) in [5.74, 6) is -0.395. The second-order valence-corrected chi connectivity index (χ2v) is 2.83. The van der Waals surface area contributed by atoms with Gasteiger partial charge in [-0.2, -0.15) is 0 Å². The van der Waals surface area contributed by atoms with E-state index in [1.807, 2.05) is 13.8 Å². The molecule has 4 heteroatoms. The minimum Gasteiger partial charge on any atom is -0.383 e. The highest BCUT2D eigenvalue weighted by Crippen LogP contribution is 1.96. The molecule has 0 aromatic carbocycles. The van der Waals surface area contributed by atoms with Gasteiger partial charge in [0.15, 0.2) is 0 Å². The number of halogens is 1. The van der Waals surface area contributed by atoms with Crippen LogP contribution >= 0.6 is 0 Å². The third kappa shape index (κ3) is 4.25. The van der Waals surface area contributed by atoms with Crippen LogP contribution in [-0.4, -0.2) is 18.3 Å². The van der Waals surface area contributed by atoms with Crippen LogP contribution in [0.4, 0.5) is 4.39 Å². The first-order valence-corrected chi connectivity index (χ1v) is 5.00. The number of ether oxygens (including phenoxy) is 1. The molecule has 1 aromatic rings. The van der Waals surface area contributed by atoms with Crippen molar-refractivity contribution in [2.24, 2.45) is 0 Å². The lowest BCUT2D eigenvalue weighted by Crippen LogP contribution is -2.24. The van der Waals surface area contributed by atoms with Crippen LogP contribution in [0.15, 0.2) is 17.1 Å². The minimum atomic E-state index is -0.395. The first-order valence-electron chi connectivity index (χ1n) is 5.00. The molecular formula is C11H18FNO2. The second-order valence-electron chi connectivity index (χ2n) is 2.83. The summed E-state index contributed by atoms with van der Waals surface area (Å²) in [7, 11) is 1.54. The fourth-order valence-electron chi connectivity index (χ4n) is 1.10. The second kappa shape index (κ2) is 7.17. The lowest BCUT2D eigenvalue weighted by Gasteiger charge is -2.05. The zero-order chi connectivity index (χ0) is 11.8. The number of pyridine rings is 1. The van der Waals surface area contributed by atoms with E-state index in [9.17, 15) is 9.18 Å². The molecule has 0 amide bonds. The van der Waals surface area contributed by atoms with Crippen molar-refractivity contribution in [3.05, 3.63) is 34.0 Å². The molecular weight excluding hydrogens is 197 g/mol. The molecule has 0 radical (unpaired) electrons. The highest BCUT2D eigenvalue weighted by Gasteiger charge is 2.01. The van der Waals surface area contributed by atoms with Crippen molar-refractivity contribution >= 4 is 0 Å². The van der Waals surface area contributed by atoms with Crippen molar-refractivity contribution in [1.82, 2.24) is 4.57 Å². The Kier molecular flexibility index (Phi) is 6.62. The molecule has 0 aliphatic rings. The zero-order valence-electron chi connectivity index (χ0n) is 9.71. The molecule has 0 atom stereocenters. The predicted molar refractivity (Wildman–Crippen MR) is 58.6 cm³/mol. The van der Waals surface area contributed by atoms with Gasteiger partial charge in [0.05, 0.1) is 6.61 Å². The molecule has 3 nitrogen and oxygen atoms in total. The third-order valence-corrected chi connectivity index (χ3v) is 1.77. The van der Waals surface area contributed by atoms with E-state index in [4.69, 9.17) is 4.74 Å². The number of methoxy groups -OCH3 is 1. The van der Waals surface area contributed by atoms with Gasteiger partial charge in [-0.25, -0.2) is 4.39 Å². The van der Waals surface area contributed by atoms with Gasteiger partial charge in [-0.1, -0.05) is 13.8 Å². The smallest absolute Gasteiger partial charge is 0.253 e. The Morgan fingerprint density at radius 2 is 2.07 bits per heavy atom. The average Bonchev–Trinajstić information content (AvgIpc) is 2.24. The van der Waals surface area contributed by atoms with Gasteiger partial charge in [0.25, 0.3) is 5.56 Å². The molecule has 1 aromatic heterocycles. The Hall–Kier alpha value is -1.16. The van der Waals surface area contributed by atoms with E-state index < -0.39 is 5.82 Å². The molecule has 86 valence electrons. The van der Waals surface area contributed by atoms with Gasteiger partial charge in [-0.15, -0.1) is 0 Å². The van der Waals surface area contributed by atoms with Crippen LogP contribution in [0.25, 0.3) is 0 Å². The molecule has 0 N–H and O–H groups in total. The number of aryl methyl sites for hydroxylation is 1. The summed E-state index contributed by atoms with van der Waals surface area (Å²) < 4.78 is 18.9. The van der Waals surface area contributed by atoms with E-state index in [1.165, 1.54) is 23.9 Å². The summed E-state index contributed by atoms with van der Waals surface area (Å²) >= 11 is 0. The van der Waals surface area contributed by atoms with Crippen molar-refractivity contribution in [1.29, 1.82) is 0 Å². The number of nitrogens with zero attached hydrogens (tertiary/aromatic N) is 1. The molecule has 0 spiro atoms. The van der Waals surface area contributed by atoms with Crippen molar-refractivity contribution < 1.29 is 9.13 Å². The van der Waals surface area contributed by atoms with Crippen molar-refractivity contribution in [3.8, 4) is 0 Å². The summed E-state index contributed by atoms with van der Waals surface area (Å²) in [5.41, 5.74) is 0.245. The molecule has 1 heterocycles. The molecule has 0 aliphatic heterocycles. The molecule has 0 aliphatic carbocycles. The minimum absolute atomic E-state index is 0.168. The van der Waals surface area contributed by atoms with E-state index in [2.05, 4.69) is 0 Å². The van der Waals surface area contributed by atoms with E-state index in [1.54, 1.807) is 6.92 Å². The summed E-state index contributed by atoms with van der Waals surface area (Å²) in [5, 5.41) is 0. The summed E-state index contributed by atoms with van der Waals surface area (Å²) in [6.45, 7) is 6.38. The van der Waals surface area contributed by atoms with Crippen LogP contribution in [-0.2, 0) is 11.3 Å². The van der Waals surface area contributed by atoms with Gasteiger partial charge < -0.3 is 9.30 Å². The van der Waals surface area contributed by atoms with Gasteiger partial charge in [0.2, 0.25) is 0 Å². The van der Waals surface area contributed by atoms with Gasteiger partial charge in [0.1, 0.15) is 5.82 Å². The maximum absolute atomic E-state index is 12.8. The van der Waals surface area contributed by atoms with E-state index >= 15 is 0 Å². The maximum atomic E-state index is 12.8. The lowest BCUT2D eigenvalue weighted by atomic mass is 10.3. The topological polar surface area (TPSA) is 31.2 Å². The van der Waals surface area contributed by atoms with Crippen LogP contribution in [0.5, 0.6) is 0 Å². The SMILES string of the molecule is CC.COCCn1cc(F)cc(C)c1=O. The highest BCUT2D eigenvalue weighted by molar-refractivity contribution is 5.09. The van der Waals surface area contributed by atoms with Crippen LogP contribution in [0.2, 0.25) is 0 Å². The lowest BCUT2D eigenvalue weighted by molar-refractivity contribution is 0.186. The number of aromatic nitrogens is 1. The van der Waals surface area contributed by atoms with Crippen LogP contribution < -0.4 is 5.56 Å². The summed E-state index contributed by atoms with van der Waals surface area (Å²) in [6, 6.07) is 1.23. The van der Waals surface area contributed by atoms with E-state index in [0.29, 0.717) is 18.7 Å². The fourth-order valence-corrected chi connectivity index (χ4v) is 1.10. The Morgan fingerprint density at radius 3 is 2.60 bits per heavy atom. The largest absolute Gasteiger partial charge is 0.383 e. The summed E-state index contributed by atoms with van der Waals surface area (Å²) in [6.07, 6.45) is 1.19. The van der Waals surface area contributed by atoms with Crippen LogP contribution in [0, 0.1) is 12.7 Å². The first-order chi connectivity index (χ1) is 7.15. The van der Waals surface area contributed by atoms with E-state index in [-0.39, 0.29) is 5.56 Å². The maximum Gasteiger partial charge on any atom is 0.253 e. The normalized spacial score (nSPS) is 9.40. The molecule has 0 saturated carbocycles. The molecule has 0 fully saturated rings. The van der Waals surface area contributed by atoms with Gasteiger partial charge in [-0.05, 0) is 13.0 Å². The zero-order valence-corrected chi connectivity index (χ0v) is 9.71. The van der Waals surface area contributed by atoms with Crippen molar-refractivity contribution in [3.63, 3.8) is 0 Å². The Morgan fingerprint density at radius 1 is 1.47 bits per heavy atom. The molecule has 15 heavy (non-hydrogen) atoms. The molecule has 0 unspecified atom stereocenters. The monoisotopic (exact) mass is 215 g/mol. The van der Waals surface area contributed by atoms with Gasteiger partial charge in [0, 0.05) is 25.4 Å². The number of hydrogen-bond donors (Lipinski definition) is 0. The van der Waals surface area contributed by atoms with Crippen molar-refractivity contribution in [2.45, 2.75) is 27.3 Å². The third-order valence-electron chi connectivity index (χ3n) is 1.77. The standard InChI is InChI=1S/C9H12FNO2.C2H6/c1-7-5-8(10)6-11(9(7)12)3-4-13-2;1-2/h5-6H,3-4H2,1-2H3;1-2H3. The van der Waals surface area contributed by atoms with Crippen molar-refractivity contribution in [2.75, 3.05) is 13.7 Å². The van der Waals surface area contributed by atoms with E-state index in [0.717, 1.165) is 0 Å². The molecule has 0 saturated heterocycles. The number of rotatable bonds is 3. The average molecular weight is 215 g/mol. The quantitative estimate of drug-likeness (QED) is 0.772. The first kappa shape index (κ1) is 13.8. The fraction of sp³-hybridized carbons (Fsp3) is 0.545. The van der Waals surface area contributed by atoms with Gasteiger partial charge in [-0.3, -0.25) is 4.79 Å². The molecule has 1 rings (SSSR count). The Balaban J connectivity index is 0.000000921. The van der Waals surface area contributed by atoms with Crippen LogP contribution in [0.1, 0.15) is 19.4 Å². The predicted octanol–water partition coefficient (Wildman–Crippen LogP) is 1.97. The van der Waals surface area contributed by atoms with Crippen LogP contribution in [0.3, 0.4) is 0 Å².